The normalized spacial score (nSPS) is 16.1. The Morgan fingerprint density at radius 2 is 1.76 bits per heavy atom. The van der Waals surface area contributed by atoms with E-state index in [-0.39, 0.29) is 11.8 Å². The summed E-state index contributed by atoms with van der Waals surface area (Å²) in [5.41, 5.74) is 2.24. The average molecular weight is 252 g/mol. The second-order valence-corrected chi connectivity index (χ2v) is 4.92. The molecular formula is C14H18ClNO. The van der Waals surface area contributed by atoms with Gasteiger partial charge in [0.1, 0.15) is 0 Å². The average Bonchev–Trinajstić information content (AvgIpc) is 2.90. The maximum Gasteiger partial charge on any atom is 0.223 e. The van der Waals surface area contributed by atoms with Crippen molar-refractivity contribution in [2.24, 2.45) is 5.92 Å². The Bertz CT molecular complexity index is 368. The maximum atomic E-state index is 11.8. The predicted molar refractivity (Wildman–Crippen MR) is 69.8 cm³/mol. The SMILES string of the molecule is O=C(NCc1ccc(CCl)cc1)C1CCCC1. The lowest BCUT2D eigenvalue weighted by atomic mass is 10.1. The summed E-state index contributed by atoms with van der Waals surface area (Å²) >= 11 is 5.72. The number of carbonyl (C=O) groups excluding carboxylic acids is 1. The fourth-order valence-corrected chi connectivity index (χ4v) is 2.45. The topological polar surface area (TPSA) is 29.1 Å². The second kappa shape index (κ2) is 6.06. The van der Waals surface area contributed by atoms with Gasteiger partial charge in [0, 0.05) is 18.3 Å². The van der Waals surface area contributed by atoms with Gasteiger partial charge in [-0.25, -0.2) is 0 Å². The molecule has 17 heavy (non-hydrogen) atoms. The molecule has 1 aliphatic carbocycles. The highest BCUT2D eigenvalue weighted by Gasteiger charge is 2.21. The molecule has 3 heteroatoms. The van der Waals surface area contributed by atoms with Crippen molar-refractivity contribution in [3.05, 3.63) is 35.4 Å². The van der Waals surface area contributed by atoms with Gasteiger partial charge in [-0.15, -0.1) is 11.6 Å². The van der Waals surface area contributed by atoms with E-state index in [9.17, 15) is 4.79 Å². The fraction of sp³-hybridized carbons (Fsp3) is 0.500. The molecule has 1 saturated carbocycles. The number of rotatable bonds is 4. The van der Waals surface area contributed by atoms with E-state index in [1.165, 1.54) is 12.8 Å². The minimum atomic E-state index is 0.212. The maximum absolute atomic E-state index is 11.8. The summed E-state index contributed by atoms with van der Waals surface area (Å²) in [6.45, 7) is 0.623. The molecule has 1 N–H and O–H groups in total. The third-order valence-corrected chi connectivity index (χ3v) is 3.68. The molecule has 0 aromatic heterocycles. The van der Waals surface area contributed by atoms with Crippen molar-refractivity contribution in [1.82, 2.24) is 5.32 Å². The molecule has 2 nitrogen and oxygen atoms in total. The van der Waals surface area contributed by atoms with Crippen molar-refractivity contribution in [3.8, 4) is 0 Å². The summed E-state index contributed by atoms with van der Waals surface area (Å²) in [6, 6.07) is 8.05. The summed E-state index contributed by atoms with van der Waals surface area (Å²) in [6.07, 6.45) is 4.50. The van der Waals surface area contributed by atoms with Crippen molar-refractivity contribution >= 4 is 17.5 Å². The Morgan fingerprint density at radius 1 is 1.18 bits per heavy atom. The van der Waals surface area contributed by atoms with Crippen molar-refractivity contribution in [2.45, 2.75) is 38.1 Å². The second-order valence-electron chi connectivity index (χ2n) is 4.65. The third kappa shape index (κ3) is 3.47. The van der Waals surface area contributed by atoms with Crippen LogP contribution in [0.25, 0.3) is 0 Å². The first-order chi connectivity index (χ1) is 8.29. The number of alkyl halides is 1. The highest BCUT2D eigenvalue weighted by atomic mass is 35.5. The highest BCUT2D eigenvalue weighted by molar-refractivity contribution is 6.17. The molecule has 1 aromatic rings. The van der Waals surface area contributed by atoms with E-state index in [4.69, 9.17) is 11.6 Å². The lowest BCUT2D eigenvalue weighted by molar-refractivity contribution is -0.124. The van der Waals surface area contributed by atoms with Gasteiger partial charge in [0.2, 0.25) is 5.91 Å². The molecule has 0 aliphatic heterocycles. The molecule has 0 saturated heterocycles. The molecule has 1 aromatic carbocycles. The zero-order valence-electron chi connectivity index (χ0n) is 9.92. The van der Waals surface area contributed by atoms with Crippen LogP contribution in [0.5, 0.6) is 0 Å². The van der Waals surface area contributed by atoms with E-state index < -0.39 is 0 Å². The molecule has 1 aliphatic rings. The van der Waals surface area contributed by atoms with Crippen LogP contribution in [0.4, 0.5) is 0 Å². The lowest BCUT2D eigenvalue weighted by Crippen LogP contribution is -2.28. The monoisotopic (exact) mass is 251 g/mol. The number of halogens is 1. The van der Waals surface area contributed by atoms with Crippen molar-refractivity contribution in [1.29, 1.82) is 0 Å². The van der Waals surface area contributed by atoms with E-state index in [0.717, 1.165) is 24.0 Å². The largest absolute Gasteiger partial charge is 0.352 e. The van der Waals surface area contributed by atoms with Crippen LogP contribution in [0.1, 0.15) is 36.8 Å². The van der Waals surface area contributed by atoms with E-state index >= 15 is 0 Å². The first kappa shape index (κ1) is 12.4. The summed E-state index contributed by atoms with van der Waals surface area (Å²) in [4.78, 5) is 11.8. The Kier molecular flexibility index (Phi) is 4.43. The van der Waals surface area contributed by atoms with Gasteiger partial charge in [-0.2, -0.15) is 0 Å². The van der Waals surface area contributed by atoms with Crippen LogP contribution in [0.3, 0.4) is 0 Å². The summed E-state index contributed by atoms with van der Waals surface area (Å²) in [5, 5.41) is 3.01. The van der Waals surface area contributed by atoms with Crippen LogP contribution in [0, 0.1) is 5.92 Å². The van der Waals surface area contributed by atoms with Crippen LogP contribution in [0.2, 0.25) is 0 Å². The van der Waals surface area contributed by atoms with Crippen molar-refractivity contribution in [3.63, 3.8) is 0 Å². The summed E-state index contributed by atoms with van der Waals surface area (Å²) in [5.74, 6) is 0.996. The van der Waals surface area contributed by atoms with Gasteiger partial charge in [-0.05, 0) is 24.0 Å². The van der Waals surface area contributed by atoms with Gasteiger partial charge in [0.15, 0.2) is 0 Å². The number of carbonyl (C=O) groups is 1. The van der Waals surface area contributed by atoms with E-state index in [1.54, 1.807) is 0 Å². The van der Waals surface area contributed by atoms with Gasteiger partial charge in [0.25, 0.3) is 0 Å². The molecule has 0 bridgehead atoms. The van der Waals surface area contributed by atoms with E-state index in [0.29, 0.717) is 12.4 Å². The lowest BCUT2D eigenvalue weighted by Gasteiger charge is -2.10. The zero-order valence-corrected chi connectivity index (χ0v) is 10.7. The molecule has 92 valence electrons. The van der Waals surface area contributed by atoms with Crippen LogP contribution in [-0.2, 0) is 17.2 Å². The molecule has 0 atom stereocenters. The third-order valence-electron chi connectivity index (χ3n) is 3.37. The van der Waals surface area contributed by atoms with Gasteiger partial charge in [0.05, 0.1) is 0 Å². The standard InChI is InChI=1S/C14H18ClNO/c15-9-11-5-7-12(8-6-11)10-16-14(17)13-3-1-2-4-13/h5-8,13H,1-4,9-10H2,(H,16,17). The van der Waals surface area contributed by atoms with Gasteiger partial charge < -0.3 is 5.32 Å². The molecule has 1 amide bonds. The summed E-state index contributed by atoms with van der Waals surface area (Å²) in [7, 11) is 0. The van der Waals surface area contributed by atoms with Crippen molar-refractivity contribution < 1.29 is 4.79 Å². The number of amides is 1. The Balaban J connectivity index is 1.82. The van der Waals surface area contributed by atoms with Gasteiger partial charge in [-0.3, -0.25) is 4.79 Å². The van der Waals surface area contributed by atoms with E-state index in [1.807, 2.05) is 24.3 Å². The van der Waals surface area contributed by atoms with Crippen LogP contribution in [0.15, 0.2) is 24.3 Å². The molecule has 0 unspecified atom stereocenters. The van der Waals surface area contributed by atoms with Crippen LogP contribution in [-0.4, -0.2) is 5.91 Å². The van der Waals surface area contributed by atoms with Crippen molar-refractivity contribution in [2.75, 3.05) is 0 Å². The van der Waals surface area contributed by atoms with E-state index in [2.05, 4.69) is 5.32 Å². The molecule has 0 spiro atoms. The molecule has 1 fully saturated rings. The predicted octanol–water partition coefficient (Wildman–Crippen LogP) is 3.23. The van der Waals surface area contributed by atoms with Gasteiger partial charge >= 0.3 is 0 Å². The number of hydrogen-bond donors (Lipinski definition) is 1. The quantitative estimate of drug-likeness (QED) is 0.818. The molecule has 0 heterocycles. The number of hydrogen-bond acceptors (Lipinski definition) is 1. The fourth-order valence-electron chi connectivity index (χ4n) is 2.27. The summed E-state index contributed by atoms with van der Waals surface area (Å²) < 4.78 is 0. The Labute approximate surface area is 107 Å². The Morgan fingerprint density at radius 3 is 2.35 bits per heavy atom. The first-order valence-electron chi connectivity index (χ1n) is 6.21. The smallest absolute Gasteiger partial charge is 0.223 e. The first-order valence-corrected chi connectivity index (χ1v) is 6.74. The molecule has 2 rings (SSSR count). The van der Waals surface area contributed by atoms with Crippen LogP contribution < -0.4 is 5.32 Å². The van der Waals surface area contributed by atoms with Gasteiger partial charge in [-0.1, -0.05) is 37.1 Å². The zero-order chi connectivity index (χ0) is 12.1. The molecule has 0 radical (unpaired) electrons. The number of benzene rings is 1. The highest BCUT2D eigenvalue weighted by Crippen LogP contribution is 2.24. The minimum absolute atomic E-state index is 0.212. The number of nitrogens with one attached hydrogen (secondary N) is 1. The Hall–Kier alpha value is -1.02. The van der Waals surface area contributed by atoms with Crippen LogP contribution >= 0.6 is 11.6 Å². The molecular weight excluding hydrogens is 234 g/mol. The minimum Gasteiger partial charge on any atom is -0.352 e.